The Morgan fingerprint density at radius 1 is 1.05 bits per heavy atom. The van der Waals surface area contributed by atoms with Gasteiger partial charge < -0.3 is 11.5 Å². The van der Waals surface area contributed by atoms with Crippen molar-refractivity contribution >= 4 is 23.2 Å². The molecule has 0 aliphatic rings. The van der Waals surface area contributed by atoms with Crippen molar-refractivity contribution in [2.45, 2.75) is 6.92 Å². The Labute approximate surface area is 112 Å². The van der Waals surface area contributed by atoms with Crippen LogP contribution in [0, 0.1) is 6.92 Å². The maximum Gasteiger partial charge on any atom is 0.185 e. The summed E-state index contributed by atoms with van der Waals surface area (Å²) < 4.78 is 0. The van der Waals surface area contributed by atoms with Gasteiger partial charge in [0.1, 0.15) is 0 Å². The van der Waals surface area contributed by atoms with E-state index < -0.39 is 0 Å². The van der Waals surface area contributed by atoms with Gasteiger partial charge >= 0.3 is 0 Å². The van der Waals surface area contributed by atoms with Gasteiger partial charge in [-0.15, -0.1) is 0 Å². The van der Waals surface area contributed by atoms with Crippen LogP contribution in [0.2, 0.25) is 0 Å². The highest BCUT2D eigenvalue weighted by Gasteiger charge is 2.01. The highest BCUT2D eigenvalue weighted by atomic mass is 16.1. The van der Waals surface area contributed by atoms with Gasteiger partial charge in [-0.1, -0.05) is 29.8 Å². The third-order valence-electron chi connectivity index (χ3n) is 2.73. The predicted molar refractivity (Wildman–Crippen MR) is 79.8 cm³/mol. The summed E-state index contributed by atoms with van der Waals surface area (Å²) >= 11 is 0. The van der Waals surface area contributed by atoms with E-state index in [1.807, 2.05) is 25.1 Å². The number of carbonyl (C=O) groups is 1. The molecule has 2 aromatic rings. The van der Waals surface area contributed by atoms with Gasteiger partial charge in [0, 0.05) is 16.9 Å². The second kappa shape index (κ2) is 5.40. The van der Waals surface area contributed by atoms with Gasteiger partial charge in [0.25, 0.3) is 0 Å². The van der Waals surface area contributed by atoms with Crippen molar-refractivity contribution in [3.05, 3.63) is 65.2 Å². The minimum Gasteiger partial charge on any atom is -0.399 e. The molecule has 0 aromatic heterocycles. The maximum atomic E-state index is 12.0. The summed E-state index contributed by atoms with van der Waals surface area (Å²) in [7, 11) is 0. The summed E-state index contributed by atoms with van der Waals surface area (Å²) in [5, 5.41) is 0. The van der Waals surface area contributed by atoms with Crippen LogP contribution in [0.3, 0.4) is 0 Å². The monoisotopic (exact) mass is 252 g/mol. The second-order valence-corrected chi connectivity index (χ2v) is 4.50. The summed E-state index contributed by atoms with van der Waals surface area (Å²) in [6, 6.07) is 12.7. The van der Waals surface area contributed by atoms with Crippen LogP contribution >= 0.6 is 0 Å². The molecule has 4 N–H and O–H groups in total. The molecule has 2 aromatic carbocycles. The topological polar surface area (TPSA) is 69.1 Å². The van der Waals surface area contributed by atoms with E-state index in [1.54, 1.807) is 30.3 Å². The zero-order valence-corrected chi connectivity index (χ0v) is 10.8. The molecule has 0 fully saturated rings. The highest BCUT2D eigenvalue weighted by Crippen LogP contribution is 2.15. The maximum absolute atomic E-state index is 12.0. The first-order valence-electron chi connectivity index (χ1n) is 6.00. The molecule has 96 valence electrons. The Kier molecular flexibility index (Phi) is 3.66. The van der Waals surface area contributed by atoms with Crippen LogP contribution in [0.15, 0.2) is 48.5 Å². The molecule has 0 spiro atoms. The van der Waals surface area contributed by atoms with Gasteiger partial charge in [-0.3, -0.25) is 4.79 Å². The molecular formula is C16H16N2O. The number of aryl methyl sites for hydroxylation is 1. The normalized spacial score (nSPS) is 10.8. The average Bonchev–Trinajstić information content (AvgIpc) is 2.35. The number of anilines is 2. The number of nitrogen functional groups attached to an aromatic ring is 2. The van der Waals surface area contributed by atoms with Crippen molar-refractivity contribution in [2.75, 3.05) is 11.5 Å². The lowest BCUT2D eigenvalue weighted by Gasteiger charge is -2.00. The number of rotatable bonds is 3. The third kappa shape index (κ3) is 3.45. The van der Waals surface area contributed by atoms with Crippen LogP contribution in [0.4, 0.5) is 11.4 Å². The molecular weight excluding hydrogens is 236 g/mol. The molecule has 0 unspecified atom stereocenters. The molecule has 0 aliphatic carbocycles. The van der Waals surface area contributed by atoms with Crippen molar-refractivity contribution in [3.8, 4) is 0 Å². The fourth-order valence-electron chi connectivity index (χ4n) is 1.87. The number of nitrogens with two attached hydrogens (primary N) is 2. The minimum atomic E-state index is -0.0373. The fraction of sp³-hybridized carbons (Fsp3) is 0.0625. The van der Waals surface area contributed by atoms with Crippen molar-refractivity contribution < 1.29 is 4.79 Å². The molecule has 0 saturated carbocycles. The molecule has 0 amide bonds. The summed E-state index contributed by atoms with van der Waals surface area (Å²) in [5.41, 5.74) is 15.1. The summed E-state index contributed by atoms with van der Waals surface area (Å²) in [6.07, 6.45) is 3.25. The van der Waals surface area contributed by atoms with Crippen LogP contribution < -0.4 is 11.5 Å². The van der Waals surface area contributed by atoms with Crippen molar-refractivity contribution in [2.24, 2.45) is 0 Å². The molecule has 3 heteroatoms. The number of allylic oxidation sites excluding steroid dienone is 1. The predicted octanol–water partition coefficient (Wildman–Crippen LogP) is 3.06. The fourth-order valence-corrected chi connectivity index (χ4v) is 1.87. The number of hydrogen-bond acceptors (Lipinski definition) is 3. The lowest BCUT2D eigenvalue weighted by Crippen LogP contribution is -1.95. The number of hydrogen-bond donors (Lipinski definition) is 2. The largest absolute Gasteiger partial charge is 0.399 e. The first-order valence-corrected chi connectivity index (χ1v) is 6.00. The number of carbonyl (C=O) groups excluding carboxylic acids is 1. The molecule has 0 heterocycles. The lowest BCUT2D eigenvalue weighted by atomic mass is 10.1. The van der Waals surface area contributed by atoms with Gasteiger partial charge in [-0.25, -0.2) is 0 Å². The molecule has 2 rings (SSSR count). The smallest absolute Gasteiger partial charge is 0.185 e. The molecule has 0 atom stereocenters. The Morgan fingerprint density at radius 2 is 1.74 bits per heavy atom. The van der Waals surface area contributed by atoms with Crippen LogP contribution in [0.25, 0.3) is 6.08 Å². The summed E-state index contributed by atoms with van der Waals surface area (Å²) in [6.45, 7) is 1.96. The van der Waals surface area contributed by atoms with Gasteiger partial charge in [-0.05, 0) is 42.8 Å². The molecule has 3 nitrogen and oxygen atoms in total. The zero-order valence-electron chi connectivity index (χ0n) is 10.8. The van der Waals surface area contributed by atoms with E-state index in [-0.39, 0.29) is 5.78 Å². The number of benzene rings is 2. The Bertz CT molecular complexity index is 625. The standard InChI is InChI=1S/C16H16N2O/c1-11-3-2-4-13(7-11)16(19)6-5-12-8-14(17)10-15(18)9-12/h2-10H,17-18H2,1H3. The van der Waals surface area contributed by atoms with E-state index in [4.69, 9.17) is 11.5 Å². The first kappa shape index (κ1) is 12.9. The Balaban J connectivity index is 2.20. The molecule has 0 radical (unpaired) electrons. The molecule has 0 saturated heterocycles. The van der Waals surface area contributed by atoms with Crippen LogP contribution in [-0.4, -0.2) is 5.78 Å². The van der Waals surface area contributed by atoms with E-state index in [2.05, 4.69) is 0 Å². The summed E-state index contributed by atoms with van der Waals surface area (Å²) in [5.74, 6) is -0.0373. The van der Waals surface area contributed by atoms with E-state index in [9.17, 15) is 4.79 Å². The third-order valence-corrected chi connectivity index (χ3v) is 2.73. The van der Waals surface area contributed by atoms with Gasteiger partial charge in [0.15, 0.2) is 5.78 Å². The van der Waals surface area contributed by atoms with Gasteiger partial charge in [0.2, 0.25) is 0 Å². The van der Waals surface area contributed by atoms with Crippen molar-refractivity contribution in [1.29, 1.82) is 0 Å². The quantitative estimate of drug-likeness (QED) is 0.501. The van der Waals surface area contributed by atoms with Crippen LogP contribution in [-0.2, 0) is 0 Å². The van der Waals surface area contributed by atoms with E-state index in [1.165, 1.54) is 6.08 Å². The summed E-state index contributed by atoms with van der Waals surface area (Å²) in [4.78, 5) is 12.0. The molecule has 19 heavy (non-hydrogen) atoms. The Hall–Kier alpha value is -2.55. The van der Waals surface area contributed by atoms with Crippen LogP contribution in [0.1, 0.15) is 21.5 Å². The zero-order chi connectivity index (χ0) is 13.8. The van der Waals surface area contributed by atoms with Gasteiger partial charge in [-0.2, -0.15) is 0 Å². The number of ketones is 1. The van der Waals surface area contributed by atoms with E-state index >= 15 is 0 Å². The Morgan fingerprint density at radius 3 is 2.37 bits per heavy atom. The SMILES string of the molecule is Cc1cccc(C(=O)C=Cc2cc(N)cc(N)c2)c1. The van der Waals surface area contributed by atoms with Gasteiger partial charge in [0.05, 0.1) is 0 Å². The average molecular weight is 252 g/mol. The van der Waals surface area contributed by atoms with Crippen molar-refractivity contribution in [1.82, 2.24) is 0 Å². The van der Waals surface area contributed by atoms with Crippen molar-refractivity contribution in [3.63, 3.8) is 0 Å². The highest BCUT2D eigenvalue weighted by molar-refractivity contribution is 6.06. The second-order valence-electron chi connectivity index (χ2n) is 4.50. The molecule has 0 aliphatic heterocycles. The molecule has 0 bridgehead atoms. The first-order chi connectivity index (χ1) is 9.04. The van der Waals surface area contributed by atoms with E-state index in [0.717, 1.165) is 11.1 Å². The lowest BCUT2D eigenvalue weighted by molar-refractivity contribution is 0.104. The van der Waals surface area contributed by atoms with E-state index in [0.29, 0.717) is 16.9 Å². The van der Waals surface area contributed by atoms with Crippen LogP contribution in [0.5, 0.6) is 0 Å². The minimum absolute atomic E-state index is 0.0373.